The number of aryl methyl sites for hydroxylation is 1. The summed E-state index contributed by atoms with van der Waals surface area (Å²) < 4.78 is 18.7. The van der Waals surface area contributed by atoms with E-state index in [9.17, 15) is 9.18 Å². The Balaban J connectivity index is 2.13. The van der Waals surface area contributed by atoms with E-state index in [1.165, 1.54) is 18.3 Å². The van der Waals surface area contributed by atoms with Gasteiger partial charge in [-0.1, -0.05) is 17.0 Å². The maximum absolute atomic E-state index is 13.9. The number of aromatic nitrogens is 1. The summed E-state index contributed by atoms with van der Waals surface area (Å²) in [7, 11) is 0. The second-order valence-corrected chi connectivity index (χ2v) is 4.22. The van der Waals surface area contributed by atoms with E-state index in [0.717, 1.165) is 0 Å². The molecule has 0 aliphatic heterocycles. The van der Waals surface area contributed by atoms with Crippen LogP contribution in [0.25, 0.3) is 0 Å². The average Bonchev–Trinajstić information content (AvgIpc) is 2.88. The first-order valence-electron chi connectivity index (χ1n) is 6.23. The lowest BCUT2D eigenvalue weighted by Gasteiger charge is -2.05. The number of anilines is 1. The van der Waals surface area contributed by atoms with Crippen LogP contribution in [0.3, 0.4) is 0 Å². The van der Waals surface area contributed by atoms with Gasteiger partial charge in [-0.15, -0.1) is 0 Å². The van der Waals surface area contributed by atoms with Gasteiger partial charge in [0.1, 0.15) is 17.1 Å². The smallest absolute Gasteiger partial charge is 0.260 e. The number of rotatable bonds is 3. The van der Waals surface area contributed by atoms with Crippen LogP contribution in [0, 0.1) is 24.6 Å². The van der Waals surface area contributed by atoms with E-state index in [1.807, 2.05) is 0 Å². The minimum atomic E-state index is -0.590. The Morgan fingerprint density at radius 1 is 1.52 bits per heavy atom. The highest BCUT2D eigenvalue weighted by atomic mass is 19.1. The number of carbonyl (C=O) groups excluding carboxylic acids is 1. The predicted octanol–water partition coefficient (Wildman–Crippen LogP) is 2.11. The molecule has 0 saturated carbocycles. The number of aliphatic hydroxyl groups excluding tert-OH is 1. The second-order valence-electron chi connectivity index (χ2n) is 4.22. The number of benzene rings is 1. The lowest BCUT2D eigenvalue weighted by atomic mass is 10.2. The molecule has 2 rings (SSSR count). The molecule has 0 spiro atoms. The van der Waals surface area contributed by atoms with Crippen LogP contribution in [0.15, 0.2) is 28.9 Å². The largest absolute Gasteiger partial charge is 0.395 e. The number of nitrogens with one attached hydrogen (secondary N) is 1. The molecule has 0 aliphatic carbocycles. The summed E-state index contributed by atoms with van der Waals surface area (Å²) in [5.74, 6) is 4.69. The van der Waals surface area contributed by atoms with Gasteiger partial charge in [-0.05, 0) is 25.1 Å². The number of carbonyl (C=O) groups is 1. The lowest BCUT2D eigenvalue weighted by Crippen LogP contribution is -2.13. The van der Waals surface area contributed by atoms with Crippen molar-refractivity contribution in [1.82, 2.24) is 5.16 Å². The van der Waals surface area contributed by atoms with Gasteiger partial charge in [0, 0.05) is 12.0 Å². The molecule has 1 heterocycles. The Morgan fingerprint density at radius 2 is 2.33 bits per heavy atom. The van der Waals surface area contributed by atoms with Gasteiger partial charge < -0.3 is 14.9 Å². The van der Waals surface area contributed by atoms with Crippen LogP contribution in [0.4, 0.5) is 10.1 Å². The van der Waals surface area contributed by atoms with Crippen molar-refractivity contribution >= 4 is 11.6 Å². The van der Waals surface area contributed by atoms with E-state index in [4.69, 9.17) is 9.63 Å². The first-order chi connectivity index (χ1) is 10.1. The van der Waals surface area contributed by atoms with E-state index in [-0.39, 0.29) is 17.9 Å². The minimum Gasteiger partial charge on any atom is -0.395 e. The molecule has 1 aromatic heterocycles. The number of nitrogens with zero attached hydrogens (tertiary/aromatic N) is 1. The summed E-state index contributed by atoms with van der Waals surface area (Å²) in [4.78, 5) is 11.9. The number of hydrogen-bond acceptors (Lipinski definition) is 4. The molecule has 0 saturated heterocycles. The summed E-state index contributed by atoms with van der Waals surface area (Å²) in [5, 5.41) is 14.6. The summed E-state index contributed by atoms with van der Waals surface area (Å²) >= 11 is 0. The highest BCUT2D eigenvalue weighted by Crippen LogP contribution is 2.17. The zero-order chi connectivity index (χ0) is 15.2. The molecule has 5 nitrogen and oxygen atoms in total. The van der Waals surface area contributed by atoms with Crippen LogP contribution in [-0.2, 0) is 0 Å². The van der Waals surface area contributed by atoms with E-state index in [1.54, 1.807) is 13.0 Å². The third-order valence-electron chi connectivity index (χ3n) is 2.68. The molecule has 0 fully saturated rings. The molecule has 1 amide bonds. The molecule has 0 radical (unpaired) electrons. The molecule has 2 aromatic rings. The van der Waals surface area contributed by atoms with Crippen molar-refractivity contribution in [1.29, 1.82) is 0 Å². The van der Waals surface area contributed by atoms with Gasteiger partial charge in [-0.2, -0.15) is 0 Å². The molecule has 0 unspecified atom stereocenters. The van der Waals surface area contributed by atoms with Gasteiger partial charge in [-0.3, -0.25) is 4.79 Å². The van der Waals surface area contributed by atoms with Gasteiger partial charge in [0.25, 0.3) is 5.91 Å². The van der Waals surface area contributed by atoms with Crippen molar-refractivity contribution in [2.75, 3.05) is 11.9 Å². The maximum Gasteiger partial charge on any atom is 0.260 e. The summed E-state index contributed by atoms with van der Waals surface area (Å²) in [5.41, 5.74) is 0.773. The Labute approximate surface area is 120 Å². The SMILES string of the molecule is Cc1oncc1C(=O)Nc1ccc(C#CCCO)cc1F. The Hall–Kier alpha value is -2.65. The van der Waals surface area contributed by atoms with Gasteiger partial charge in [-0.25, -0.2) is 4.39 Å². The third-order valence-corrected chi connectivity index (χ3v) is 2.68. The molecular weight excluding hydrogens is 275 g/mol. The molecule has 0 atom stereocenters. The van der Waals surface area contributed by atoms with Crippen molar-refractivity contribution in [3.05, 3.63) is 47.1 Å². The van der Waals surface area contributed by atoms with Gasteiger partial charge in [0.15, 0.2) is 0 Å². The van der Waals surface area contributed by atoms with Crippen LogP contribution in [-0.4, -0.2) is 22.8 Å². The van der Waals surface area contributed by atoms with E-state index in [2.05, 4.69) is 22.3 Å². The monoisotopic (exact) mass is 288 g/mol. The van der Waals surface area contributed by atoms with Crippen molar-refractivity contribution in [2.24, 2.45) is 0 Å². The fraction of sp³-hybridized carbons (Fsp3) is 0.200. The highest BCUT2D eigenvalue weighted by Gasteiger charge is 2.14. The van der Waals surface area contributed by atoms with Crippen molar-refractivity contribution in [3.63, 3.8) is 0 Å². The highest BCUT2D eigenvalue weighted by molar-refractivity contribution is 6.04. The first kappa shape index (κ1) is 14.8. The standard InChI is InChI=1S/C15H13FN2O3/c1-10-12(9-17-21-10)15(20)18-14-6-5-11(8-13(14)16)4-2-3-7-19/h5-6,8-9,19H,3,7H2,1H3,(H,18,20). The van der Waals surface area contributed by atoms with E-state index in [0.29, 0.717) is 17.7 Å². The second kappa shape index (κ2) is 6.68. The molecular formula is C15H13FN2O3. The predicted molar refractivity (Wildman–Crippen MR) is 74.2 cm³/mol. The quantitative estimate of drug-likeness (QED) is 0.848. The normalized spacial score (nSPS) is 9.86. The molecule has 1 aromatic carbocycles. The molecule has 108 valence electrons. The topological polar surface area (TPSA) is 75.4 Å². The van der Waals surface area contributed by atoms with Gasteiger partial charge in [0.05, 0.1) is 18.5 Å². The number of hydrogen-bond donors (Lipinski definition) is 2. The Bertz CT molecular complexity index is 713. The number of amides is 1. The van der Waals surface area contributed by atoms with E-state index >= 15 is 0 Å². The molecule has 6 heteroatoms. The Kier molecular flexibility index (Phi) is 4.69. The summed E-state index contributed by atoms with van der Waals surface area (Å²) in [6.07, 6.45) is 1.60. The molecule has 0 bridgehead atoms. The molecule has 2 N–H and O–H groups in total. The molecule has 21 heavy (non-hydrogen) atoms. The Morgan fingerprint density at radius 3 is 2.95 bits per heavy atom. The van der Waals surface area contributed by atoms with Crippen LogP contribution in [0.5, 0.6) is 0 Å². The molecule has 0 aliphatic rings. The van der Waals surface area contributed by atoms with Crippen LogP contribution >= 0.6 is 0 Å². The van der Waals surface area contributed by atoms with Crippen LogP contribution in [0.2, 0.25) is 0 Å². The lowest BCUT2D eigenvalue weighted by molar-refractivity contribution is 0.102. The van der Waals surface area contributed by atoms with Gasteiger partial charge >= 0.3 is 0 Å². The first-order valence-corrected chi connectivity index (χ1v) is 6.23. The average molecular weight is 288 g/mol. The van der Waals surface area contributed by atoms with E-state index < -0.39 is 11.7 Å². The minimum absolute atomic E-state index is 0.0400. The number of aliphatic hydroxyl groups is 1. The third kappa shape index (κ3) is 3.68. The zero-order valence-corrected chi connectivity index (χ0v) is 11.3. The van der Waals surface area contributed by atoms with Gasteiger partial charge in [0.2, 0.25) is 0 Å². The maximum atomic E-state index is 13.9. The van der Waals surface area contributed by atoms with Crippen molar-refractivity contribution < 1.29 is 18.8 Å². The summed E-state index contributed by atoms with van der Waals surface area (Å²) in [6.45, 7) is 1.56. The number of halogens is 1. The van der Waals surface area contributed by atoms with Crippen LogP contribution in [0.1, 0.15) is 28.1 Å². The zero-order valence-electron chi connectivity index (χ0n) is 11.3. The van der Waals surface area contributed by atoms with Crippen molar-refractivity contribution in [3.8, 4) is 11.8 Å². The van der Waals surface area contributed by atoms with Crippen molar-refractivity contribution in [2.45, 2.75) is 13.3 Å². The van der Waals surface area contributed by atoms with Crippen LogP contribution < -0.4 is 5.32 Å². The summed E-state index contributed by atoms with van der Waals surface area (Å²) in [6, 6.07) is 4.24. The fourth-order valence-electron chi connectivity index (χ4n) is 1.62. The fourth-order valence-corrected chi connectivity index (χ4v) is 1.62.